The molecule has 0 saturated carbocycles. The van der Waals surface area contributed by atoms with Crippen LogP contribution in [0.4, 0.5) is 0 Å². The summed E-state index contributed by atoms with van der Waals surface area (Å²) < 4.78 is 5.25. The summed E-state index contributed by atoms with van der Waals surface area (Å²) >= 11 is 0. The van der Waals surface area contributed by atoms with E-state index >= 15 is 0 Å². The van der Waals surface area contributed by atoms with Crippen molar-refractivity contribution in [2.45, 2.75) is 19.8 Å². The van der Waals surface area contributed by atoms with Gasteiger partial charge < -0.3 is 4.42 Å². The largest absolute Gasteiger partial charge is 0.472 e. The quantitative estimate of drug-likeness (QED) is 0.708. The normalized spacial score (nSPS) is 10.4. The molecule has 0 aliphatic rings. The van der Waals surface area contributed by atoms with E-state index in [2.05, 4.69) is 31.2 Å². The van der Waals surface area contributed by atoms with Crippen molar-refractivity contribution in [2.75, 3.05) is 0 Å². The second-order valence-corrected chi connectivity index (χ2v) is 3.43. The highest BCUT2D eigenvalue weighted by Crippen LogP contribution is 2.25. The molecule has 2 aromatic rings. The first-order valence-corrected chi connectivity index (χ1v) is 5.02. The van der Waals surface area contributed by atoms with Crippen LogP contribution in [0, 0.1) is 0 Å². The Morgan fingerprint density at radius 1 is 1.07 bits per heavy atom. The minimum atomic E-state index is 1.08. The van der Waals surface area contributed by atoms with Gasteiger partial charge in [0.15, 0.2) is 0 Å². The third-order valence-electron chi connectivity index (χ3n) is 2.35. The van der Waals surface area contributed by atoms with Crippen LogP contribution >= 0.6 is 0 Å². The molecule has 0 unspecified atom stereocenters. The third-order valence-corrected chi connectivity index (χ3v) is 2.35. The lowest BCUT2D eigenvalue weighted by atomic mass is 10.0. The molecule has 1 heteroatoms. The van der Waals surface area contributed by atoms with Gasteiger partial charge in [0.25, 0.3) is 0 Å². The first-order valence-electron chi connectivity index (χ1n) is 5.02. The van der Waals surface area contributed by atoms with Crippen molar-refractivity contribution >= 4 is 0 Å². The molecule has 0 aliphatic heterocycles. The Labute approximate surface area is 84.4 Å². The molecule has 0 fully saturated rings. The van der Waals surface area contributed by atoms with E-state index in [1.54, 1.807) is 0 Å². The zero-order valence-electron chi connectivity index (χ0n) is 8.36. The number of benzene rings is 1. The van der Waals surface area contributed by atoms with Gasteiger partial charge in [0.2, 0.25) is 0 Å². The van der Waals surface area contributed by atoms with Gasteiger partial charge in [0, 0.05) is 5.56 Å². The fraction of sp³-hybridized carbons (Fsp3) is 0.231. The van der Waals surface area contributed by atoms with Crippen LogP contribution in [0.25, 0.3) is 11.1 Å². The van der Waals surface area contributed by atoms with E-state index in [9.17, 15) is 0 Å². The first-order chi connectivity index (χ1) is 6.92. The van der Waals surface area contributed by atoms with Crippen LogP contribution in [0.3, 0.4) is 0 Å². The second kappa shape index (κ2) is 4.14. The summed E-state index contributed by atoms with van der Waals surface area (Å²) in [6, 6.07) is 10.4. The monoisotopic (exact) mass is 186 g/mol. The van der Waals surface area contributed by atoms with Crippen molar-refractivity contribution in [1.29, 1.82) is 0 Å². The van der Waals surface area contributed by atoms with Gasteiger partial charge >= 0.3 is 0 Å². The Morgan fingerprint density at radius 2 is 1.86 bits per heavy atom. The first kappa shape index (κ1) is 9.07. The number of furan rings is 1. The zero-order valence-corrected chi connectivity index (χ0v) is 8.36. The smallest absolute Gasteiger partial charge is 0.0983 e. The van der Waals surface area contributed by atoms with E-state index in [1.807, 2.05) is 18.6 Å². The molecule has 0 radical (unpaired) electrons. The molecule has 0 saturated heterocycles. The lowest BCUT2D eigenvalue weighted by Crippen LogP contribution is -1.83. The Bertz CT molecular complexity index is 387. The number of hydrogen-bond donors (Lipinski definition) is 0. The lowest BCUT2D eigenvalue weighted by Gasteiger charge is -2.00. The topological polar surface area (TPSA) is 13.1 Å². The Balaban J connectivity index is 2.37. The van der Waals surface area contributed by atoms with E-state index in [-0.39, 0.29) is 0 Å². The Kier molecular flexibility index (Phi) is 2.68. The van der Waals surface area contributed by atoms with Crippen molar-refractivity contribution in [3.05, 3.63) is 48.4 Å². The van der Waals surface area contributed by atoms with Crippen LogP contribution in [0.5, 0.6) is 0 Å². The maximum Gasteiger partial charge on any atom is 0.0983 e. The molecule has 1 aromatic heterocycles. The van der Waals surface area contributed by atoms with Crippen LogP contribution in [0.1, 0.15) is 18.9 Å². The van der Waals surface area contributed by atoms with Gasteiger partial charge in [0.1, 0.15) is 0 Å². The summed E-state index contributed by atoms with van der Waals surface area (Å²) in [5.74, 6) is 0. The summed E-state index contributed by atoms with van der Waals surface area (Å²) in [6.07, 6.45) is 5.92. The minimum absolute atomic E-state index is 1.08. The second-order valence-electron chi connectivity index (χ2n) is 3.43. The Hall–Kier alpha value is -1.50. The lowest BCUT2D eigenvalue weighted by molar-refractivity contribution is 0.564. The van der Waals surface area contributed by atoms with Gasteiger partial charge in [-0.2, -0.15) is 0 Å². The molecule has 1 nitrogen and oxygen atoms in total. The minimum Gasteiger partial charge on any atom is -0.472 e. The molecular weight excluding hydrogens is 172 g/mol. The van der Waals surface area contributed by atoms with Crippen molar-refractivity contribution < 1.29 is 4.42 Å². The van der Waals surface area contributed by atoms with Crippen molar-refractivity contribution in [1.82, 2.24) is 0 Å². The number of aryl methyl sites for hydroxylation is 1. The average Bonchev–Trinajstić information content (AvgIpc) is 2.68. The van der Waals surface area contributed by atoms with Crippen molar-refractivity contribution in [3.8, 4) is 11.1 Å². The molecule has 0 spiro atoms. The van der Waals surface area contributed by atoms with Gasteiger partial charge in [-0.05, 0) is 17.5 Å². The van der Waals surface area contributed by atoms with Crippen LogP contribution in [-0.4, -0.2) is 0 Å². The molecule has 2 rings (SSSR count). The zero-order chi connectivity index (χ0) is 9.80. The molecule has 0 bridgehead atoms. The van der Waals surface area contributed by atoms with Gasteiger partial charge in [-0.25, -0.2) is 0 Å². The summed E-state index contributed by atoms with van der Waals surface area (Å²) in [5.41, 5.74) is 3.77. The van der Waals surface area contributed by atoms with Crippen molar-refractivity contribution in [2.24, 2.45) is 0 Å². The molecule has 0 N–H and O–H groups in total. The predicted octanol–water partition coefficient (Wildman–Crippen LogP) is 3.90. The molecule has 1 aromatic carbocycles. The molecular formula is C13H14O. The summed E-state index contributed by atoms with van der Waals surface area (Å²) in [5, 5.41) is 0. The maximum atomic E-state index is 5.25. The fourth-order valence-electron chi connectivity index (χ4n) is 1.66. The molecule has 14 heavy (non-hydrogen) atoms. The molecule has 0 amide bonds. The van der Waals surface area contributed by atoms with Gasteiger partial charge in [-0.1, -0.05) is 43.7 Å². The number of hydrogen-bond acceptors (Lipinski definition) is 1. The third kappa shape index (κ3) is 1.72. The fourth-order valence-corrected chi connectivity index (χ4v) is 1.66. The predicted molar refractivity (Wildman–Crippen MR) is 58.1 cm³/mol. The highest BCUT2D eigenvalue weighted by Gasteiger charge is 2.05. The van der Waals surface area contributed by atoms with Gasteiger partial charge in [-0.3, -0.25) is 0 Å². The van der Waals surface area contributed by atoms with Crippen LogP contribution in [0.2, 0.25) is 0 Å². The van der Waals surface area contributed by atoms with Crippen LogP contribution < -0.4 is 0 Å². The molecule has 0 aliphatic carbocycles. The molecule has 72 valence electrons. The number of rotatable bonds is 3. The molecule has 1 heterocycles. The van der Waals surface area contributed by atoms with E-state index in [4.69, 9.17) is 4.42 Å². The van der Waals surface area contributed by atoms with Gasteiger partial charge in [0.05, 0.1) is 12.5 Å². The molecule has 0 atom stereocenters. The van der Waals surface area contributed by atoms with E-state index in [1.165, 1.54) is 16.7 Å². The van der Waals surface area contributed by atoms with Crippen LogP contribution in [0.15, 0.2) is 47.3 Å². The van der Waals surface area contributed by atoms with E-state index in [0.29, 0.717) is 0 Å². The average molecular weight is 186 g/mol. The Morgan fingerprint density at radius 3 is 2.57 bits per heavy atom. The standard InChI is InChI=1S/C13H14O/c1-2-6-12-9-14-10-13(12)11-7-4-3-5-8-11/h3-5,7-10H,2,6H2,1H3. The summed E-state index contributed by atoms with van der Waals surface area (Å²) in [6.45, 7) is 2.18. The summed E-state index contributed by atoms with van der Waals surface area (Å²) in [7, 11) is 0. The van der Waals surface area contributed by atoms with Crippen molar-refractivity contribution in [3.63, 3.8) is 0 Å². The maximum absolute atomic E-state index is 5.25. The van der Waals surface area contributed by atoms with Crippen LogP contribution in [-0.2, 0) is 6.42 Å². The van der Waals surface area contributed by atoms with E-state index in [0.717, 1.165) is 12.8 Å². The highest BCUT2D eigenvalue weighted by molar-refractivity contribution is 5.65. The SMILES string of the molecule is CCCc1cocc1-c1ccccc1. The highest BCUT2D eigenvalue weighted by atomic mass is 16.3. The van der Waals surface area contributed by atoms with E-state index < -0.39 is 0 Å². The van der Waals surface area contributed by atoms with Gasteiger partial charge in [-0.15, -0.1) is 0 Å². The summed E-state index contributed by atoms with van der Waals surface area (Å²) in [4.78, 5) is 0.